The molecule has 0 spiro atoms. The van der Waals surface area contributed by atoms with Gasteiger partial charge in [0.05, 0.1) is 19.3 Å². The molecule has 2 rings (SSSR count). The maximum Gasteiger partial charge on any atom is 0.407 e. The van der Waals surface area contributed by atoms with Crippen LogP contribution in [0.4, 0.5) is 4.79 Å². The number of amides is 12. The van der Waals surface area contributed by atoms with E-state index in [0.29, 0.717) is 25.7 Å². The number of carbonyl (C=O) groups excluding carboxylic acids is 13. The normalized spacial score (nSPS) is 20.5. The topological polar surface area (TPSA) is 503 Å². The quantitative estimate of drug-likeness (QED) is 0.0223. The van der Waals surface area contributed by atoms with Gasteiger partial charge in [-0.15, -0.1) is 0 Å². The number of benzene rings is 1. The SMILES string of the molecule is CC[C@@H](C)[C@@H](NC(=O)[C@@H](CCC(N)=O)NC(=O)[C@H](CO)NC(=O)[C@@H](NC(=O)[C@@H](Cc1ccccc1)NC)[C@@H](C)CC)C(=O)N[C@H](C(=O)N[C@@H](CO)C(=O)N[C@H]1C(=O)N[C@@H](C)C(=O)N[C@@H](CCCCNC(=O)OC(CN)CN)C(=O)N[C@@H]([C@@H](C)CC)C(=O)O[C@H]1C)[C@@H](C)CC. The molecule has 1 aliphatic heterocycles. The first-order valence-corrected chi connectivity index (χ1v) is 32.3. The molecule has 32 nitrogen and oxygen atoms in total. The molecule has 0 radical (unpaired) electrons. The standard InChI is InChI=1S/C62H105N15O17/c1-12-32(5)46(74-54(84)42(66-11)27-38-21-17-16-18-22-38)57(87)71-43(30-78)55(85)70-41(24-25-45(65)80)53(83)73-48(34(7)14-3)59(89)75-47(33(6)13-2)58(88)72-44(31-79)56(86)77-50-37(10)93-61(91)49(35(8)15-4)76-52(82)40(69-51(81)36(9)68-60(50)90)23-19-20-26-67-62(92)94-39(28-63)29-64/h16-18,21-22,32-37,39-44,46-50,66,78-79H,12-15,19-20,23-31,63-64H2,1-11H3,(H2,65,80)(H,67,92)(H,68,90)(H,69,81)(H,70,85)(H,71,87)(H,72,88)(H,73,83)(H,74,84)(H,75,89)(H,76,82)(H,77,86)/t32-,33-,34+,35-,36-,37-,40-,41+,42+,43-,44-,46-,47-,48+,49-,50+/m0/s1. The van der Waals surface area contributed by atoms with Gasteiger partial charge in [0.2, 0.25) is 65.0 Å². The lowest BCUT2D eigenvalue weighted by Gasteiger charge is -2.31. The van der Waals surface area contributed by atoms with Gasteiger partial charge in [0, 0.05) is 26.1 Å². The van der Waals surface area contributed by atoms with Gasteiger partial charge in [0.15, 0.2) is 0 Å². The van der Waals surface area contributed by atoms with Crippen molar-refractivity contribution in [1.29, 1.82) is 0 Å². The Bertz CT molecular complexity index is 2670. The second-order valence-corrected chi connectivity index (χ2v) is 23.9. The van der Waals surface area contributed by atoms with Crippen LogP contribution in [0, 0.1) is 23.7 Å². The van der Waals surface area contributed by atoms with E-state index in [2.05, 4.69) is 63.8 Å². The monoisotopic (exact) mass is 1330 g/mol. The molecule has 1 fully saturated rings. The number of aliphatic hydroxyl groups excluding tert-OH is 2. The molecule has 1 heterocycles. The Morgan fingerprint density at radius 1 is 0.606 bits per heavy atom. The lowest BCUT2D eigenvalue weighted by Crippen LogP contribution is -2.63. The largest absolute Gasteiger partial charge is 0.458 e. The van der Waals surface area contributed by atoms with Crippen LogP contribution in [0.25, 0.3) is 0 Å². The molecule has 12 amide bonds. The molecule has 0 aliphatic carbocycles. The summed E-state index contributed by atoms with van der Waals surface area (Å²) in [5.74, 6) is -13.4. The summed E-state index contributed by atoms with van der Waals surface area (Å²) in [6, 6.07) is -6.59. The number of nitrogens with one attached hydrogen (secondary N) is 12. The number of hydrogen-bond donors (Lipinski definition) is 17. The number of rotatable bonds is 38. The van der Waals surface area contributed by atoms with Crippen LogP contribution in [0.15, 0.2) is 30.3 Å². The van der Waals surface area contributed by atoms with Gasteiger partial charge in [-0.3, -0.25) is 52.7 Å². The zero-order chi connectivity index (χ0) is 70.9. The van der Waals surface area contributed by atoms with E-state index in [4.69, 9.17) is 26.7 Å². The summed E-state index contributed by atoms with van der Waals surface area (Å²) in [4.78, 5) is 178. The molecule has 1 aliphatic rings. The number of primary amides is 1. The summed E-state index contributed by atoms with van der Waals surface area (Å²) in [6.07, 6.45) is -1.68. The number of hydrogen-bond acceptors (Lipinski definition) is 20. The predicted molar refractivity (Wildman–Crippen MR) is 344 cm³/mol. The van der Waals surface area contributed by atoms with Crippen LogP contribution >= 0.6 is 0 Å². The van der Waals surface area contributed by atoms with Gasteiger partial charge in [0.25, 0.3) is 0 Å². The van der Waals surface area contributed by atoms with E-state index in [1.54, 1.807) is 62.4 Å². The van der Waals surface area contributed by atoms with Gasteiger partial charge in [-0.2, -0.15) is 0 Å². The number of ether oxygens (including phenoxy) is 2. The summed E-state index contributed by atoms with van der Waals surface area (Å²) in [5, 5.41) is 51.9. The van der Waals surface area contributed by atoms with Crippen molar-refractivity contribution >= 4 is 77.0 Å². The van der Waals surface area contributed by atoms with Crippen LogP contribution in [-0.2, 0) is 73.4 Å². The minimum absolute atomic E-state index is 0.0177. The molecule has 0 aromatic heterocycles. The zero-order valence-corrected chi connectivity index (χ0v) is 56.1. The molecule has 1 saturated heterocycles. The maximum atomic E-state index is 14.4. The second-order valence-electron chi connectivity index (χ2n) is 23.9. The second kappa shape index (κ2) is 42.3. The fourth-order valence-corrected chi connectivity index (χ4v) is 9.65. The Morgan fingerprint density at radius 3 is 1.59 bits per heavy atom. The van der Waals surface area contributed by atoms with Gasteiger partial charge in [-0.1, -0.05) is 111 Å². The highest BCUT2D eigenvalue weighted by atomic mass is 16.6. The van der Waals surface area contributed by atoms with Gasteiger partial charge in [-0.25, -0.2) is 9.59 Å². The first kappa shape index (κ1) is 82.0. The minimum Gasteiger partial charge on any atom is -0.458 e. The fraction of sp³-hybridized carbons (Fsp3) is 0.694. The van der Waals surface area contributed by atoms with E-state index >= 15 is 0 Å². The van der Waals surface area contributed by atoms with Crippen LogP contribution in [0.5, 0.6) is 0 Å². The molecule has 94 heavy (non-hydrogen) atoms. The van der Waals surface area contributed by atoms with Crippen molar-refractivity contribution in [3.63, 3.8) is 0 Å². The van der Waals surface area contributed by atoms with E-state index in [9.17, 15) is 72.5 Å². The summed E-state index contributed by atoms with van der Waals surface area (Å²) in [5.41, 5.74) is 17.4. The van der Waals surface area contributed by atoms with E-state index in [0.717, 1.165) is 5.56 Å². The van der Waals surface area contributed by atoms with Crippen molar-refractivity contribution in [2.24, 2.45) is 40.9 Å². The number of carbonyl (C=O) groups is 13. The zero-order valence-electron chi connectivity index (χ0n) is 56.1. The molecule has 0 unspecified atom stereocenters. The Hall–Kier alpha value is -8.07. The number of cyclic esters (lactones) is 1. The van der Waals surface area contributed by atoms with Crippen molar-refractivity contribution in [2.45, 2.75) is 212 Å². The van der Waals surface area contributed by atoms with Crippen molar-refractivity contribution in [1.82, 2.24) is 63.8 Å². The number of aliphatic hydroxyl groups is 2. The highest BCUT2D eigenvalue weighted by molar-refractivity contribution is 5.99. The predicted octanol–water partition coefficient (Wildman–Crippen LogP) is -3.75. The molecule has 0 bridgehead atoms. The van der Waals surface area contributed by atoms with Crippen LogP contribution in [0.2, 0.25) is 0 Å². The highest BCUT2D eigenvalue weighted by Crippen LogP contribution is 2.18. The molecule has 1 aromatic rings. The molecular weight excluding hydrogens is 1230 g/mol. The first-order valence-electron chi connectivity index (χ1n) is 32.3. The molecular formula is C62H105N15O17. The lowest BCUT2D eigenvalue weighted by atomic mass is 9.94. The molecule has 1 aromatic carbocycles. The molecule has 32 heteroatoms. The lowest BCUT2D eigenvalue weighted by molar-refractivity contribution is -0.157. The first-order chi connectivity index (χ1) is 44.5. The van der Waals surface area contributed by atoms with Crippen LogP contribution in [0.1, 0.15) is 133 Å². The number of unbranched alkanes of at least 4 members (excludes halogenated alkanes) is 1. The summed E-state index contributed by atoms with van der Waals surface area (Å²) >= 11 is 0. The summed E-state index contributed by atoms with van der Waals surface area (Å²) < 4.78 is 10.9. The number of alkyl carbamates (subject to hydrolysis) is 1. The summed E-state index contributed by atoms with van der Waals surface area (Å²) in [6.45, 7) is 14.1. The third-order valence-electron chi connectivity index (χ3n) is 16.8. The van der Waals surface area contributed by atoms with Crippen LogP contribution in [-0.4, -0.2) is 206 Å². The van der Waals surface area contributed by atoms with Gasteiger partial charge >= 0.3 is 12.1 Å². The van der Waals surface area contributed by atoms with E-state index in [-0.39, 0.29) is 45.3 Å². The number of likely N-dealkylation sites (N-methyl/N-ethyl adjacent to an activating group) is 1. The fourth-order valence-electron chi connectivity index (χ4n) is 9.65. The Morgan fingerprint density at radius 2 is 1.10 bits per heavy atom. The Balaban J connectivity index is 2.38. The molecule has 0 saturated carbocycles. The van der Waals surface area contributed by atoms with Crippen molar-refractivity contribution < 1.29 is 82.0 Å². The van der Waals surface area contributed by atoms with Crippen molar-refractivity contribution in [3.05, 3.63) is 35.9 Å². The Labute approximate surface area is 549 Å². The average molecular weight is 1330 g/mol. The van der Waals surface area contributed by atoms with E-state index in [1.165, 1.54) is 13.8 Å². The van der Waals surface area contributed by atoms with Crippen molar-refractivity contribution in [3.8, 4) is 0 Å². The highest BCUT2D eigenvalue weighted by Gasteiger charge is 2.41. The van der Waals surface area contributed by atoms with Crippen molar-refractivity contribution in [2.75, 3.05) is 39.9 Å². The number of nitrogens with two attached hydrogens (primary N) is 3. The van der Waals surface area contributed by atoms with Crippen LogP contribution in [0.3, 0.4) is 0 Å². The van der Waals surface area contributed by atoms with E-state index < -0.39 is 205 Å². The third-order valence-corrected chi connectivity index (χ3v) is 16.8. The van der Waals surface area contributed by atoms with Crippen LogP contribution < -0.4 is 81.0 Å². The number of esters is 1. The molecule has 20 N–H and O–H groups in total. The molecule has 16 atom stereocenters. The summed E-state index contributed by atoms with van der Waals surface area (Å²) in [7, 11) is 1.59. The van der Waals surface area contributed by atoms with E-state index in [1.807, 2.05) is 30.3 Å². The van der Waals surface area contributed by atoms with Gasteiger partial charge in [0.1, 0.15) is 72.6 Å². The average Bonchev–Trinajstić information content (AvgIpc) is 1.29. The maximum absolute atomic E-state index is 14.4. The van der Waals surface area contributed by atoms with Gasteiger partial charge in [-0.05, 0) is 82.2 Å². The Kier molecular flexibility index (Phi) is 36.9. The third kappa shape index (κ3) is 26.7. The van der Waals surface area contributed by atoms with Gasteiger partial charge < -0.3 is 101 Å². The smallest absolute Gasteiger partial charge is 0.407 e. The minimum atomic E-state index is -1.85. The molecule has 530 valence electrons.